The second kappa shape index (κ2) is 5.07. The van der Waals surface area contributed by atoms with E-state index in [1.807, 2.05) is 0 Å². The highest BCUT2D eigenvalue weighted by atomic mass is 19.2. The average Bonchev–Trinajstić information content (AvgIpc) is 2.70. The van der Waals surface area contributed by atoms with E-state index in [2.05, 4.69) is 9.82 Å². The standard InChI is InChI=1S/C10H10F2N4O2/c11-6-3-8-9(4-7(6)12)16(5-14-8)2-1-10(17)18-15-13/h3-5,15H,1-2,13H2. The van der Waals surface area contributed by atoms with E-state index in [0.29, 0.717) is 11.0 Å². The number of nitrogens with two attached hydrogens (primary N) is 1. The van der Waals surface area contributed by atoms with Crippen LogP contribution in [0, 0.1) is 11.6 Å². The maximum Gasteiger partial charge on any atom is 0.328 e. The van der Waals surface area contributed by atoms with Gasteiger partial charge in [0.05, 0.1) is 23.8 Å². The third-order valence-corrected chi connectivity index (χ3v) is 2.39. The van der Waals surface area contributed by atoms with Crippen LogP contribution in [0.1, 0.15) is 6.42 Å². The molecule has 0 aliphatic carbocycles. The van der Waals surface area contributed by atoms with Crippen molar-refractivity contribution in [2.45, 2.75) is 13.0 Å². The predicted molar refractivity (Wildman–Crippen MR) is 57.7 cm³/mol. The number of rotatable bonds is 4. The number of nitrogens with zero attached hydrogens (tertiary/aromatic N) is 2. The van der Waals surface area contributed by atoms with Crippen molar-refractivity contribution < 1.29 is 18.4 Å². The Morgan fingerprint density at radius 2 is 2.17 bits per heavy atom. The number of aromatic nitrogens is 2. The second-order valence-electron chi connectivity index (χ2n) is 3.53. The fourth-order valence-electron chi connectivity index (χ4n) is 1.56. The number of benzene rings is 1. The topological polar surface area (TPSA) is 82.2 Å². The Bertz CT molecular complexity index is 585. The minimum atomic E-state index is -0.963. The molecule has 0 amide bonds. The number of imidazole rings is 1. The van der Waals surface area contributed by atoms with Gasteiger partial charge in [-0.05, 0) is 0 Å². The minimum Gasteiger partial charge on any atom is -0.356 e. The quantitative estimate of drug-likeness (QED) is 0.619. The van der Waals surface area contributed by atoms with Crippen LogP contribution in [0.3, 0.4) is 0 Å². The molecule has 0 aliphatic heterocycles. The van der Waals surface area contributed by atoms with E-state index in [4.69, 9.17) is 5.84 Å². The molecule has 1 heterocycles. The summed E-state index contributed by atoms with van der Waals surface area (Å²) < 4.78 is 27.6. The maximum absolute atomic E-state index is 13.1. The van der Waals surface area contributed by atoms with E-state index in [-0.39, 0.29) is 13.0 Å². The van der Waals surface area contributed by atoms with Crippen LogP contribution in [0.15, 0.2) is 18.5 Å². The lowest BCUT2D eigenvalue weighted by molar-refractivity contribution is -0.151. The van der Waals surface area contributed by atoms with Gasteiger partial charge in [-0.3, -0.25) is 4.79 Å². The molecule has 0 atom stereocenters. The Balaban J connectivity index is 2.19. The van der Waals surface area contributed by atoms with Gasteiger partial charge < -0.3 is 9.40 Å². The molecule has 1 aromatic carbocycles. The van der Waals surface area contributed by atoms with Crippen molar-refractivity contribution in [3.63, 3.8) is 0 Å². The molecular formula is C10H10F2N4O2. The fraction of sp³-hybridized carbons (Fsp3) is 0.200. The van der Waals surface area contributed by atoms with Crippen LogP contribution in [0.4, 0.5) is 8.78 Å². The van der Waals surface area contributed by atoms with Gasteiger partial charge in [0.1, 0.15) is 0 Å². The summed E-state index contributed by atoms with van der Waals surface area (Å²) in [5.74, 6) is 2.31. The van der Waals surface area contributed by atoms with E-state index in [0.717, 1.165) is 12.1 Å². The van der Waals surface area contributed by atoms with Crippen molar-refractivity contribution >= 4 is 17.0 Å². The van der Waals surface area contributed by atoms with Crippen LogP contribution >= 0.6 is 0 Å². The number of hydrazine groups is 1. The molecule has 3 N–H and O–H groups in total. The molecule has 2 rings (SSSR count). The number of carbonyl (C=O) groups excluding carboxylic acids is 1. The molecule has 0 saturated carbocycles. The Hall–Kier alpha value is -2.06. The van der Waals surface area contributed by atoms with Gasteiger partial charge in [-0.15, -0.1) is 0 Å². The summed E-state index contributed by atoms with van der Waals surface area (Å²) in [4.78, 5) is 19.3. The molecule has 0 spiro atoms. The van der Waals surface area contributed by atoms with Gasteiger partial charge in [0.2, 0.25) is 0 Å². The summed E-state index contributed by atoms with van der Waals surface area (Å²) in [6.45, 7) is 0.224. The first-order valence-corrected chi connectivity index (χ1v) is 5.07. The molecule has 96 valence electrons. The highest BCUT2D eigenvalue weighted by molar-refractivity contribution is 5.76. The number of halogens is 2. The molecule has 1 aromatic heterocycles. The van der Waals surface area contributed by atoms with Gasteiger partial charge in [-0.25, -0.2) is 19.6 Å². The van der Waals surface area contributed by atoms with Crippen LogP contribution in [-0.4, -0.2) is 15.5 Å². The molecule has 18 heavy (non-hydrogen) atoms. The van der Waals surface area contributed by atoms with Crippen molar-refractivity contribution in [1.29, 1.82) is 0 Å². The Morgan fingerprint density at radius 1 is 1.44 bits per heavy atom. The molecule has 0 aliphatic rings. The average molecular weight is 256 g/mol. The molecule has 0 bridgehead atoms. The normalized spacial score (nSPS) is 10.8. The number of carbonyl (C=O) groups is 1. The first-order valence-electron chi connectivity index (χ1n) is 5.07. The smallest absolute Gasteiger partial charge is 0.328 e. The Labute approximate surface area is 100 Å². The molecule has 0 unspecified atom stereocenters. The SMILES string of the molecule is NNOC(=O)CCn1cnc2cc(F)c(F)cc21. The zero-order chi connectivity index (χ0) is 13.1. The molecule has 8 heteroatoms. The lowest BCUT2D eigenvalue weighted by atomic mass is 10.3. The number of hydrogen-bond acceptors (Lipinski definition) is 5. The third kappa shape index (κ3) is 2.44. The number of hydrogen-bond donors (Lipinski definition) is 2. The molecule has 0 saturated heterocycles. The van der Waals surface area contributed by atoms with Crippen molar-refractivity contribution in [3.8, 4) is 0 Å². The monoisotopic (exact) mass is 256 g/mol. The Morgan fingerprint density at radius 3 is 2.89 bits per heavy atom. The zero-order valence-corrected chi connectivity index (χ0v) is 9.19. The van der Waals surface area contributed by atoms with Gasteiger partial charge in [-0.1, -0.05) is 5.59 Å². The van der Waals surface area contributed by atoms with Crippen molar-refractivity contribution in [2.24, 2.45) is 5.84 Å². The highest BCUT2D eigenvalue weighted by Gasteiger charge is 2.10. The highest BCUT2D eigenvalue weighted by Crippen LogP contribution is 2.17. The van der Waals surface area contributed by atoms with Gasteiger partial charge >= 0.3 is 5.97 Å². The van der Waals surface area contributed by atoms with Gasteiger partial charge in [-0.2, -0.15) is 0 Å². The van der Waals surface area contributed by atoms with Crippen LogP contribution in [0.25, 0.3) is 11.0 Å². The van der Waals surface area contributed by atoms with Crippen molar-refractivity contribution in [1.82, 2.24) is 15.1 Å². The molecular weight excluding hydrogens is 246 g/mol. The van der Waals surface area contributed by atoms with Crippen LogP contribution < -0.4 is 11.4 Å². The van der Waals surface area contributed by atoms with Crippen molar-refractivity contribution in [2.75, 3.05) is 0 Å². The summed E-state index contributed by atoms with van der Waals surface area (Å²) in [6, 6.07) is 2.03. The maximum atomic E-state index is 13.1. The first kappa shape index (κ1) is 12.4. The number of aryl methyl sites for hydroxylation is 1. The molecule has 0 radical (unpaired) electrons. The summed E-state index contributed by atoms with van der Waals surface area (Å²) >= 11 is 0. The Kier molecular flexibility index (Phi) is 3.49. The van der Waals surface area contributed by atoms with Crippen LogP contribution in [0.5, 0.6) is 0 Å². The molecule has 6 nitrogen and oxygen atoms in total. The van der Waals surface area contributed by atoms with Gasteiger partial charge in [0, 0.05) is 18.7 Å². The van der Waals surface area contributed by atoms with E-state index in [1.54, 1.807) is 5.59 Å². The van der Waals surface area contributed by atoms with E-state index >= 15 is 0 Å². The minimum absolute atomic E-state index is 0.0225. The van der Waals surface area contributed by atoms with Crippen LogP contribution in [-0.2, 0) is 16.2 Å². The zero-order valence-electron chi connectivity index (χ0n) is 9.19. The number of nitrogens with one attached hydrogen (secondary N) is 1. The van der Waals surface area contributed by atoms with Gasteiger partial charge in [0.25, 0.3) is 0 Å². The third-order valence-electron chi connectivity index (χ3n) is 2.39. The largest absolute Gasteiger partial charge is 0.356 e. The van der Waals surface area contributed by atoms with E-state index in [9.17, 15) is 13.6 Å². The first-order chi connectivity index (χ1) is 8.61. The number of fused-ring (bicyclic) bond motifs is 1. The lowest BCUT2D eigenvalue weighted by Gasteiger charge is -2.04. The summed E-state index contributed by atoms with van der Waals surface area (Å²) in [6.07, 6.45) is 1.42. The molecule has 2 aromatic rings. The van der Waals surface area contributed by atoms with Gasteiger partial charge in [0.15, 0.2) is 11.6 Å². The van der Waals surface area contributed by atoms with Crippen LogP contribution in [0.2, 0.25) is 0 Å². The van der Waals surface area contributed by atoms with Crippen molar-refractivity contribution in [3.05, 3.63) is 30.1 Å². The van der Waals surface area contributed by atoms with E-state index < -0.39 is 17.6 Å². The fourth-order valence-corrected chi connectivity index (χ4v) is 1.56. The summed E-state index contributed by atoms with van der Waals surface area (Å²) in [5.41, 5.74) is 2.49. The predicted octanol–water partition coefficient (Wildman–Crippen LogP) is 0.626. The lowest BCUT2D eigenvalue weighted by Crippen LogP contribution is -2.26. The molecule has 0 fully saturated rings. The summed E-state index contributed by atoms with van der Waals surface area (Å²) in [5, 5.41) is 0. The second-order valence-corrected chi connectivity index (χ2v) is 3.53. The summed E-state index contributed by atoms with van der Waals surface area (Å²) in [7, 11) is 0. The van der Waals surface area contributed by atoms with E-state index in [1.165, 1.54) is 10.9 Å².